The van der Waals surface area contributed by atoms with Crippen molar-refractivity contribution in [1.82, 2.24) is 4.90 Å². The number of hydrogen-bond acceptors (Lipinski definition) is 2. The van der Waals surface area contributed by atoms with Gasteiger partial charge in [0.25, 0.3) is 0 Å². The number of amides is 2. The third kappa shape index (κ3) is 6.24. The fourth-order valence-electron chi connectivity index (χ4n) is 3.17. The number of unbranched alkanes of at least 4 members (excludes halogenated alkanes) is 2. The third-order valence-electron chi connectivity index (χ3n) is 4.68. The van der Waals surface area contributed by atoms with E-state index < -0.39 is 0 Å². The van der Waals surface area contributed by atoms with Gasteiger partial charge in [0.1, 0.15) is 0 Å². The zero-order chi connectivity index (χ0) is 19.5. The standard InChI is InChI=1S/C23H30N2O2/c1-3-24(4-2)22(26)18-12-7-13-19-23(27)25(20-14-8-5-9-15-20)21-16-10-6-11-17-21/h5-6,8-11,14-17H,3-4,7,12-13,18-19H2,1-2H3. The van der Waals surface area contributed by atoms with E-state index in [1.165, 1.54) is 0 Å². The number of hydrogen-bond donors (Lipinski definition) is 0. The fourth-order valence-corrected chi connectivity index (χ4v) is 3.17. The van der Waals surface area contributed by atoms with Gasteiger partial charge >= 0.3 is 0 Å². The van der Waals surface area contributed by atoms with E-state index in [1.54, 1.807) is 4.90 Å². The molecule has 0 fully saturated rings. The molecule has 0 aromatic heterocycles. The first-order valence-electron chi connectivity index (χ1n) is 9.88. The van der Waals surface area contributed by atoms with Crippen molar-refractivity contribution in [2.75, 3.05) is 18.0 Å². The van der Waals surface area contributed by atoms with Crippen LogP contribution in [0.15, 0.2) is 60.7 Å². The molecule has 0 aliphatic heterocycles. The van der Waals surface area contributed by atoms with Crippen molar-refractivity contribution in [3.63, 3.8) is 0 Å². The summed E-state index contributed by atoms with van der Waals surface area (Å²) in [5.74, 6) is 0.295. The van der Waals surface area contributed by atoms with E-state index in [0.717, 1.165) is 43.7 Å². The van der Waals surface area contributed by atoms with E-state index in [0.29, 0.717) is 12.8 Å². The van der Waals surface area contributed by atoms with Gasteiger partial charge in [-0.2, -0.15) is 0 Å². The van der Waals surface area contributed by atoms with E-state index in [2.05, 4.69) is 0 Å². The Morgan fingerprint density at radius 3 is 1.56 bits per heavy atom. The Labute approximate surface area is 162 Å². The zero-order valence-electron chi connectivity index (χ0n) is 16.4. The molecule has 27 heavy (non-hydrogen) atoms. The summed E-state index contributed by atoms with van der Waals surface area (Å²) in [6, 6.07) is 19.5. The lowest BCUT2D eigenvalue weighted by Gasteiger charge is -2.23. The van der Waals surface area contributed by atoms with Crippen LogP contribution in [0.4, 0.5) is 11.4 Å². The Morgan fingerprint density at radius 2 is 1.11 bits per heavy atom. The van der Waals surface area contributed by atoms with Gasteiger partial charge in [-0.15, -0.1) is 0 Å². The highest BCUT2D eigenvalue weighted by Gasteiger charge is 2.17. The highest BCUT2D eigenvalue weighted by atomic mass is 16.2. The van der Waals surface area contributed by atoms with E-state index in [4.69, 9.17) is 0 Å². The summed E-state index contributed by atoms with van der Waals surface area (Å²) in [5, 5.41) is 0. The first-order valence-corrected chi connectivity index (χ1v) is 9.88. The van der Waals surface area contributed by atoms with Gasteiger partial charge < -0.3 is 4.90 Å². The third-order valence-corrected chi connectivity index (χ3v) is 4.68. The topological polar surface area (TPSA) is 40.6 Å². The second kappa shape index (κ2) is 11.2. The minimum atomic E-state index is 0.0856. The van der Waals surface area contributed by atoms with E-state index in [9.17, 15) is 9.59 Å². The predicted molar refractivity (Wildman–Crippen MR) is 111 cm³/mol. The van der Waals surface area contributed by atoms with E-state index in [1.807, 2.05) is 79.4 Å². The number of carbonyl (C=O) groups is 2. The van der Waals surface area contributed by atoms with Crippen molar-refractivity contribution in [3.8, 4) is 0 Å². The molecular formula is C23H30N2O2. The van der Waals surface area contributed by atoms with Crippen molar-refractivity contribution in [2.24, 2.45) is 0 Å². The lowest BCUT2D eigenvalue weighted by atomic mass is 10.1. The Balaban J connectivity index is 1.89. The lowest BCUT2D eigenvalue weighted by Crippen LogP contribution is -2.30. The van der Waals surface area contributed by atoms with Gasteiger partial charge in [-0.1, -0.05) is 42.8 Å². The maximum Gasteiger partial charge on any atom is 0.231 e. The maximum absolute atomic E-state index is 12.9. The molecule has 0 saturated heterocycles. The van der Waals surface area contributed by atoms with Crippen LogP contribution < -0.4 is 4.90 Å². The van der Waals surface area contributed by atoms with Crippen LogP contribution >= 0.6 is 0 Å². The number of benzene rings is 2. The molecule has 0 heterocycles. The van der Waals surface area contributed by atoms with E-state index >= 15 is 0 Å². The second-order valence-electron chi connectivity index (χ2n) is 6.53. The lowest BCUT2D eigenvalue weighted by molar-refractivity contribution is -0.130. The minimum Gasteiger partial charge on any atom is -0.343 e. The Bertz CT molecular complexity index is 657. The quantitative estimate of drug-likeness (QED) is 0.544. The van der Waals surface area contributed by atoms with Gasteiger partial charge in [0.05, 0.1) is 0 Å². The van der Waals surface area contributed by atoms with Crippen molar-refractivity contribution < 1.29 is 9.59 Å². The summed E-state index contributed by atoms with van der Waals surface area (Å²) in [6.45, 7) is 5.53. The molecule has 2 aromatic carbocycles. The summed E-state index contributed by atoms with van der Waals surface area (Å²) in [6.07, 6.45) is 3.55. The van der Waals surface area contributed by atoms with Crippen LogP contribution in [0.1, 0.15) is 46.0 Å². The molecule has 0 saturated carbocycles. The summed E-state index contributed by atoms with van der Waals surface area (Å²) >= 11 is 0. The molecular weight excluding hydrogens is 336 g/mol. The van der Waals surface area contributed by atoms with Gasteiger partial charge in [-0.05, 0) is 51.0 Å². The number of nitrogens with zero attached hydrogens (tertiary/aromatic N) is 2. The van der Waals surface area contributed by atoms with Crippen molar-refractivity contribution >= 4 is 23.2 Å². The van der Waals surface area contributed by atoms with Crippen LogP contribution in [-0.4, -0.2) is 29.8 Å². The van der Waals surface area contributed by atoms with Crippen LogP contribution in [0.5, 0.6) is 0 Å². The fraction of sp³-hybridized carbons (Fsp3) is 0.391. The van der Waals surface area contributed by atoms with Gasteiger partial charge in [0.15, 0.2) is 0 Å². The predicted octanol–water partition coefficient (Wildman–Crippen LogP) is 5.17. The monoisotopic (exact) mass is 366 g/mol. The molecule has 0 N–H and O–H groups in total. The first kappa shape index (κ1) is 20.7. The SMILES string of the molecule is CCN(CC)C(=O)CCCCCC(=O)N(c1ccccc1)c1ccccc1. The molecule has 2 amide bonds. The zero-order valence-corrected chi connectivity index (χ0v) is 16.4. The van der Waals surface area contributed by atoms with Crippen LogP contribution in [0, 0.1) is 0 Å². The van der Waals surface area contributed by atoms with Crippen molar-refractivity contribution in [3.05, 3.63) is 60.7 Å². The average molecular weight is 367 g/mol. The van der Waals surface area contributed by atoms with Crippen LogP contribution in [-0.2, 0) is 9.59 Å². The second-order valence-corrected chi connectivity index (χ2v) is 6.53. The molecule has 4 heteroatoms. The molecule has 144 valence electrons. The van der Waals surface area contributed by atoms with Gasteiger partial charge in [0.2, 0.25) is 11.8 Å². The van der Waals surface area contributed by atoms with E-state index in [-0.39, 0.29) is 11.8 Å². The number of para-hydroxylation sites is 2. The smallest absolute Gasteiger partial charge is 0.231 e. The molecule has 4 nitrogen and oxygen atoms in total. The minimum absolute atomic E-state index is 0.0856. The first-order chi connectivity index (χ1) is 13.2. The summed E-state index contributed by atoms with van der Waals surface area (Å²) in [4.78, 5) is 28.6. The Hall–Kier alpha value is -2.62. The molecule has 2 aromatic rings. The molecule has 0 radical (unpaired) electrons. The van der Waals surface area contributed by atoms with Crippen molar-refractivity contribution in [1.29, 1.82) is 0 Å². The summed E-state index contributed by atoms with van der Waals surface area (Å²) < 4.78 is 0. The summed E-state index contributed by atoms with van der Waals surface area (Å²) in [5.41, 5.74) is 1.76. The van der Waals surface area contributed by atoms with Gasteiger partial charge in [-0.3, -0.25) is 14.5 Å². The molecule has 0 bridgehead atoms. The largest absolute Gasteiger partial charge is 0.343 e. The van der Waals surface area contributed by atoms with Crippen LogP contribution in [0.3, 0.4) is 0 Å². The number of carbonyl (C=O) groups excluding carboxylic acids is 2. The number of rotatable bonds is 10. The highest BCUT2D eigenvalue weighted by molar-refractivity contribution is 6.00. The summed E-state index contributed by atoms with van der Waals surface area (Å²) in [7, 11) is 0. The molecule has 0 spiro atoms. The maximum atomic E-state index is 12.9. The van der Waals surface area contributed by atoms with Crippen LogP contribution in [0.2, 0.25) is 0 Å². The van der Waals surface area contributed by atoms with Gasteiger partial charge in [0, 0.05) is 37.3 Å². The molecule has 0 atom stereocenters. The normalized spacial score (nSPS) is 10.4. The Morgan fingerprint density at radius 1 is 0.667 bits per heavy atom. The molecule has 2 rings (SSSR count). The van der Waals surface area contributed by atoms with Gasteiger partial charge in [-0.25, -0.2) is 0 Å². The molecule has 0 unspecified atom stereocenters. The average Bonchev–Trinajstić information content (AvgIpc) is 2.70. The molecule has 0 aliphatic rings. The van der Waals surface area contributed by atoms with Crippen LogP contribution in [0.25, 0.3) is 0 Å². The highest BCUT2D eigenvalue weighted by Crippen LogP contribution is 2.26. The Kier molecular flexibility index (Phi) is 8.56. The molecule has 0 aliphatic carbocycles. The number of anilines is 2. The van der Waals surface area contributed by atoms with Crippen molar-refractivity contribution in [2.45, 2.75) is 46.0 Å².